The normalized spacial score (nSPS) is 10.4. The highest BCUT2D eigenvalue weighted by atomic mass is 16.5. The summed E-state index contributed by atoms with van der Waals surface area (Å²) in [5, 5.41) is 7.80. The first kappa shape index (κ1) is 13.2. The van der Waals surface area contributed by atoms with Crippen LogP contribution in [0.3, 0.4) is 0 Å². The number of nitrogens with two attached hydrogens (primary N) is 1. The zero-order valence-electron chi connectivity index (χ0n) is 10.6. The zero-order valence-corrected chi connectivity index (χ0v) is 10.6. The summed E-state index contributed by atoms with van der Waals surface area (Å²) < 4.78 is 6.51. The van der Waals surface area contributed by atoms with Crippen molar-refractivity contribution >= 4 is 5.97 Å². The van der Waals surface area contributed by atoms with Crippen molar-refractivity contribution in [2.45, 2.75) is 20.0 Å². The van der Waals surface area contributed by atoms with Crippen LogP contribution in [0.2, 0.25) is 0 Å². The molecular formula is C12H15N5O2. The third-order valence-electron chi connectivity index (χ3n) is 2.58. The zero-order chi connectivity index (χ0) is 13.7. The lowest BCUT2D eigenvalue weighted by Crippen LogP contribution is -2.14. The average molecular weight is 261 g/mol. The van der Waals surface area contributed by atoms with Crippen molar-refractivity contribution in [3.8, 4) is 0 Å². The van der Waals surface area contributed by atoms with Crippen molar-refractivity contribution in [3.05, 3.63) is 41.5 Å². The van der Waals surface area contributed by atoms with Crippen LogP contribution >= 0.6 is 0 Å². The van der Waals surface area contributed by atoms with Crippen molar-refractivity contribution in [3.63, 3.8) is 0 Å². The van der Waals surface area contributed by atoms with Gasteiger partial charge in [0.15, 0.2) is 5.69 Å². The SMILES string of the molecule is CCOC(=O)c1nnn(Cc2ccncc2)c1CN. The highest BCUT2D eigenvalue weighted by molar-refractivity contribution is 5.88. The fourth-order valence-electron chi connectivity index (χ4n) is 1.68. The van der Waals surface area contributed by atoms with Crippen molar-refractivity contribution < 1.29 is 9.53 Å². The molecule has 2 rings (SSSR count). The molecule has 0 aliphatic heterocycles. The van der Waals surface area contributed by atoms with E-state index in [0.717, 1.165) is 5.56 Å². The van der Waals surface area contributed by atoms with Crippen LogP contribution in [0.5, 0.6) is 0 Å². The van der Waals surface area contributed by atoms with E-state index in [1.54, 1.807) is 24.0 Å². The fourth-order valence-corrected chi connectivity index (χ4v) is 1.68. The van der Waals surface area contributed by atoms with E-state index in [2.05, 4.69) is 15.3 Å². The third-order valence-corrected chi connectivity index (χ3v) is 2.58. The van der Waals surface area contributed by atoms with Gasteiger partial charge in [0.1, 0.15) is 0 Å². The Balaban J connectivity index is 2.25. The Labute approximate surface area is 110 Å². The molecule has 0 fully saturated rings. The molecule has 2 aromatic heterocycles. The van der Waals surface area contributed by atoms with E-state index in [-0.39, 0.29) is 12.2 Å². The maximum Gasteiger partial charge on any atom is 0.360 e. The number of pyridine rings is 1. The lowest BCUT2D eigenvalue weighted by molar-refractivity contribution is 0.0518. The molecule has 0 aliphatic rings. The van der Waals surface area contributed by atoms with Gasteiger partial charge in [-0.15, -0.1) is 5.10 Å². The van der Waals surface area contributed by atoms with Crippen LogP contribution in [-0.2, 0) is 17.8 Å². The maximum absolute atomic E-state index is 11.7. The Bertz CT molecular complexity index is 553. The van der Waals surface area contributed by atoms with E-state index < -0.39 is 5.97 Å². The average Bonchev–Trinajstić information content (AvgIpc) is 2.83. The molecular weight excluding hydrogens is 246 g/mol. The minimum Gasteiger partial charge on any atom is -0.461 e. The number of carbonyl (C=O) groups is 1. The molecule has 7 heteroatoms. The third kappa shape index (κ3) is 2.94. The number of hydrogen-bond acceptors (Lipinski definition) is 6. The molecule has 2 N–H and O–H groups in total. The molecule has 2 heterocycles. The molecule has 0 unspecified atom stereocenters. The molecule has 0 amide bonds. The number of carbonyl (C=O) groups excluding carboxylic acids is 1. The predicted molar refractivity (Wildman–Crippen MR) is 67.2 cm³/mol. The molecule has 0 spiro atoms. The highest BCUT2D eigenvalue weighted by Gasteiger charge is 2.19. The lowest BCUT2D eigenvalue weighted by Gasteiger charge is -2.05. The molecule has 100 valence electrons. The second-order valence-corrected chi connectivity index (χ2v) is 3.82. The van der Waals surface area contributed by atoms with Gasteiger partial charge in [0.05, 0.1) is 18.8 Å². The van der Waals surface area contributed by atoms with Gasteiger partial charge in [-0.1, -0.05) is 5.21 Å². The van der Waals surface area contributed by atoms with E-state index in [1.165, 1.54) is 0 Å². The van der Waals surface area contributed by atoms with Crippen molar-refractivity contribution in [2.75, 3.05) is 6.61 Å². The summed E-state index contributed by atoms with van der Waals surface area (Å²) >= 11 is 0. The topological polar surface area (TPSA) is 95.9 Å². The number of nitrogens with zero attached hydrogens (tertiary/aromatic N) is 4. The van der Waals surface area contributed by atoms with Crippen LogP contribution in [0.15, 0.2) is 24.5 Å². The van der Waals surface area contributed by atoms with Gasteiger partial charge in [-0.2, -0.15) is 0 Å². The van der Waals surface area contributed by atoms with Crippen LogP contribution in [0.4, 0.5) is 0 Å². The van der Waals surface area contributed by atoms with Crippen LogP contribution in [0.1, 0.15) is 28.7 Å². The quantitative estimate of drug-likeness (QED) is 0.780. The predicted octanol–water partition coefficient (Wildman–Crippen LogP) is 0.357. The number of hydrogen-bond donors (Lipinski definition) is 1. The van der Waals surface area contributed by atoms with E-state index >= 15 is 0 Å². The molecule has 2 aromatic rings. The Morgan fingerprint density at radius 1 is 1.42 bits per heavy atom. The van der Waals surface area contributed by atoms with E-state index in [1.807, 2.05) is 12.1 Å². The minimum atomic E-state index is -0.496. The van der Waals surface area contributed by atoms with Gasteiger partial charge in [-0.3, -0.25) is 4.98 Å². The first-order valence-corrected chi connectivity index (χ1v) is 5.94. The maximum atomic E-state index is 11.7. The highest BCUT2D eigenvalue weighted by Crippen LogP contribution is 2.09. The van der Waals surface area contributed by atoms with Gasteiger partial charge in [0.25, 0.3) is 0 Å². The molecule has 0 saturated carbocycles. The number of esters is 1. The summed E-state index contributed by atoms with van der Waals surface area (Å²) in [5.41, 5.74) is 7.41. The first-order valence-electron chi connectivity index (χ1n) is 5.94. The Morgan fingerprint density at radius 2 is 2.16 bits per heavy atom. The molecule has 0 atom stereocenters. The van der Waals surface area contributed by atoms with Gasteiger partial charge in [0, 0.05) is 18.9 Å². The van der Waals surface area contributed by atoms with Crippen molar-refractivity contribution in [2.24, 2.45) is 5.73 Å². The Morgan fingerprint density at radius 3 is 2.79 bits per heavy atom. The minimum absolute atomic E-state index is 0.173. The molecule has 0 aromatic carbocycles. The molecule has 7 nitrogen and oxygen atoms in total. The molecule has 19 heavy (non-hydrogen) atoms. The van der Waals surface area contributed by atoms with Crippen LogP contribution in [0.25, 0.3) is 0 Å². The van der Waals surface area contributed by atoms with E-state index in [4.69, 9.17) is 10.5 Å². The number of aromatic nitrogens is 4. The monoisotopic (exact) mass is 261 g/mol. The Hall–Kier alpha value is -2.28. The van der Waals surface area contributed by atoms with Crippen LogP contribution < -0.4 is 5.73 Å². The van der Waals surface area contributed by atoms with Crippen molar-refractivity contribution in [1.29, 1.82) is 0 Å². The smallest absolute Gasteiger partial charge is 0.360 e. The van der Waals surface area contributed by atoms with Gasteiger partial charge in [-0.05, 0) is 24.6 Å². The van der Waals surface area contributed by atoms with Crippen molar-refractivity contribution in [1.82, 2.24) is 20.0 Å². The summed E-state index contributed by atoms with van der Waals surface area (Å²) in [5.74, 6) is -0.496. The van der Waals surface area contributed by atoms with E-state index in [0.29, 0.717) is 18.8 Å². The van der Waals surface area contributed by atoms with Gasteiger partial charge in [-0.25, -0.2) is 9.48 Å². The summed E-state index contributed by atoms with van der Waals surface area (Å²) in [7, 11) is 0. The summed E-state index contributed by atoms with van der Waals surface area (Å²) in [6.45, 7) is 2.69. The fraction of sp³-hybridized carbons (Fsp3) is 0.333. The molecule has 0 aliphatic carbocycles. The summed E-state index contributed by atoms with van der Waals surface area (Å²) in [6, 6.07) is 3.73. The van der Waals surface area contributed by atoms with Crippen LogP contribution in [0, 0.1) is 0 Å². The molecule has 0 radical (unpaired) electrons. The summed E-state index contributed by atoms with van der Waals surface area (Å²) in [4.78, 5) is 15.6. The van der Waals surface area contributed by atoms with Crippen LogP contribution in [-0.4, -0.2) is 32.6 Å². The number of rotatable bonds is 5. The molecule has 0 bridgehead atoms. The van der Waals surface area contributed by atoms with Gasteiger partial charge in [0.2, 0.25) is 0 Å². The summed E-state index contributed by atoms with van der Waals surface area (Å²) in [6.07, 6.45) is 3.39. The Kier molecular flexibility index (Phi) is 4.19. The number of ether oxygens (including phenoxy) is 1. The lowest BCUT2D eigenvalue weighted by atomic mass is 10.2. The van der Waals surface area contributed by atoms with Gasteiger partial charge < -0.3 is 10.5 Å². The largest absolute Gasteiger partial charge is 0.461 e. The second kappa shape index (κ2) is 6.05. The standard InChI is InChI=1S/C12H15N5O2/c1-2-19-12(18)11-10(7-13)17(16-15-11)8-9-3-5-14-6-4-9/h3-6H,2,7-8,13H2,1H3. The van der Waals surface area contributed by atoms with Gasteiger partial charge >= 0.3 is 5.97 Å². The first-order chi connectivity index (χ1) is 9.26. The second-order valence-electron chi connectivity index (χ2n) is 3.82. The molecule has 0 saturated heterocycles. The van der Waals surface area contributed by atoms with E-state index in [9.17, 15) is 4.79 Å².